The van der Waals surface area contributed by atoms with Crippen LogP contribution in [0.1, 0.15) is 265 Å². The van der Waals surface area contributed by atoms with Crippen LogP contribution in [-0.4, -0.2) is 132 Å². The topological polar surface area (TPSA) is 388 Å². The number of Topliss-reactive ketones (excluding diaryl/α,β-unsaturated/α-hetero) is 6. The van der Waals surface area contributed by atoms with Gasteiger partial charge < -0.3 is 46.8 Å². The lowest BCUT2D eigenvalue weighted by Crippen LogP contribution is -2.57. The molecule has 94 heavy (non-hydrogen) atoms. The molecule has 23 heteroatoms. The van der Waals surface area contributed by atoms with Crippen molar-refractivity contribution in [3.63, 3.8) is 0 Å². The van der Waals surface area contributed by atoms with Crippen LogP contribution in [0.5, 0.6) is 5.75 Å². The van der Waals surface area contributed by atoms with Crippen LogP contribution in [0.25, 0.3) is 0 Å². The summed E-state index contributed by atoms with van der Waals surface area (Å²) >= 11 is 0. The van der Waals surface area contributed by atoms with Crippen LogP contribution >= 0.6 is 0 Å². The van der Waals surface area contributed by atoms with Crippen LogP contribution < -0.4 is 21.3 Å². The van der Waals surface area contributed by atoms with Crippen molar-refractivity contribution in [1.29, 1.82) is 0 Å². The van der Waals surface area contributed by atoms with Crippen LogP contribution in [0.15, 0.2) is 24.3 Å². The van der Waals surface area contributed by atoms with Crippen LogP contribution in [-0.2, 0) is 73.5 Å². The minimum Gasteiger partial charge on any atom is -0.508 e. The molecule has 0 aliphatic heterocycles. The summed E-state index contributed by atoms with van der Waals surface area (Å²) in [4.78, 5) is 180. The quantitative estimate of drug-likeness (QED) is 0.0274. The van der Waals surface area contributed by atoms with Crippen LogP contribution in [0.2, 0.25) is 0 Å². The first-order chi connectivity index (χ1) is 44.5. The SMILES string of the molecule is CCCC[C@H](CC(=O)C(C)(C)NC(=O)[C@H](Cc1ccc(O)cc1)NC(C)=O)C(=O)C[C@@H](CCCCNC(=O)CC[C@H](CC(=O)CC[C@@H](NC(=O)CC[C@H](CC(=O)CCCCCCCCCCCCCCCCC(=O)O)C(=O)O)C(=O)O)C(=O)O)C(=O)C1CCC[C@H]1C(C)=O. The van der Waals surface area contributed by atoms with Crippen molar-refractivity contribution in [2.45, 2.75) is 283 Å². The predicted octanol–water partition coefficient (Wildman–Crippen LogP) is 10.1. The highest BCUT2D eigenvalue weighted by atomic mass is 16.4. The Morgan fingerprint density at radius 2 is 1.01 bits per heavy atom. The summed E-state index contributed by atoms with van der Waals surface area (Å²) < 4.78 is 0. The Morgan fingerprint density at radius 1 is 0.500 bits per heavy atom. The van der Waals surface area contributed by atoms with Gasteiger partial charge in [-0.25, -0.2) is 4.79 Å². The molecule has 8 atom stereocenters. The smallest absolute Gasteiger partial charge is 0.326 e. The number of amides is 4. The Labute approximate surface area is 555 Å². The maximum Gasteiger partial charge on any atom is 0.326 e. The summed E-state index contributed by atoms with van der Waals surface area (Å²) in [5, 5.41) is 58.4. The summed E-state index contributed by atoms with van der Waals surface area (Å²) in [6.45, 7) is 7.80. The first-order valence-corrected chi connectivity index (χ1v) is 34.5. The zero-order chi connectivity index (χ0) is 70.2. The lowest BCUT2D eigenvalue weighted by Gasteiger charge is -2.30. The second-order valence-electron chi connectivity index (χ2n) is 26.5. The third kappa shape index (κ3) is 35.3. The fraction of sp³-hybridized carbons (Fsp3) is 0.718. The number of carboxylic acid groups (broad SMARTS) is 4. The van der Waals surface area contributed by atoms with Gasteiger partial charge in [0.25, 0.3) is 0 Å². The molecule has 1 aliphatic rings. The number of carbonyl (C=O) groups is 14. The standard InChI is InChI=1S/C71H110N4O19/c1-6-7-25-50(46-62(82)71(4,5)75-67(88)60(73-48(3)77)42-49-31-35-54(78)36-32-49)61(81)45-51(66(87)58-29-24-28-57(58)47(2)76)26-22-23-41-72-63(83)39-33-52(68(89)90)44-56(80)37-38-59(70(93)94)74-64(84)40-34-53(69(91)92)43-55(79)27-20-18-16-14-12-10-8-9-11-13-15-17-19-21-30-65(85)86/h31-32,35-36,50-53,57-60,78H,6-30,33-34,37-46H2,1-5H3,(H,72,83)(H,73,77)(H,74,84)(H,75,88)(H,85,86)(H,89,90)(H,91,92)(H,93,94)/t50-,51-,52-,53-,57+,58?,59-,60+/m1/s1. The van der Waals surface area contributed by atoms with Crippen molar-refractivity contribution in [2.75, 3.05) is 6.54 Å². The second-order valence-corrected chi connectivity index (χ2v) is 26.5. The molecule has 0 spiro atoms. The van der Waals surface area contributed by atoms with Crippen molar-refractivity contribution >= 4 is 82.2 Å². The predicted molar refractivity (Wildman–Crippen MR) is 351 cm³/mol. The molecule has 528 valence electrons. The summed E-state index contributed by atoms with van der Waals surface area (Å²) in [6.07, 6.45) is 15.9. The number of benzene rings is 1. The van der Waals surface area contributed by atoms with Crippen molar-refractivity contribution in [3.8, 4) is 5.75 Å². The number of aliphatic carboxylic acids is 4. The third-order valence-corrected chi connectivity index (χ3v) is 18.1. The molecular formula is C71H110N4O19. The van der Waals surface area contributed by atoms with E-state index in [1.165, 1.54) is 52.7 Å². The fourth-order valence-corrected chi connectivity index (χ4v) is 12.3. The Kier molecular flexibility index (Phi) is 40.6. The molecule has 1 aromatic rings. The molecule has 0 heterocycles. The molecule has 1 aliphatic carbocycles. The van der Waals surface area contributed by atoms with E-state index in [4.69, 9.17) is 5.11 Å². The van der Waals surface area contributed by atoms with Gasteiger partial charge in [-0.15, -0.1) is 0 Å². The first-order valence-electron chi connectivity index (χ1n) is 34.5. The summed E-state index contributed by atoms with van der Waals surface area (Å²) in [5.74, 6) is -14.2. The van der Waals surface area contributed by atoms with Crippen LogP contribution in [0.3, 0.4) is 0 Å². The zero-order valence-electron chi connectivity index (χ0n) is 56.5. The van der Waals surface area contributed by atoms with E-state index in [2.05, 4.69) is 21.3 Å². The van der Waals surface area contributed by atoms with Crippen molar-refractivity contribution in [3.05, 3.63) is 29.8 Å². The van der Waals surface area contributed by atoms with Crippen LogP contribution in [0.4, 0.5) is 0 Å². The second kappa shape index (κ2) is 46.0. The van der Waals surface area contributed by atoms with Crippen molar-refractivity contribution in [2.24, 2.45) is 35.5 Å². The molecule has 4 amide bonds. The van der Waals surface area contributed by atoms with E-state index >= 15 is 0 Å². The molecule has 0 bridgehead atoms. The largest absolute Gasteiger partial charge is 0.508 e. The van der Waals surface area contributed by atoms with Gasteiger partial charge in [-0.2, -0.15) is 0 Å². The number of phenolic OH excluding ortho intramolecular Hbond substituents is 1. The number of unbranched alkanes of at least 4 members (excludes halogenated alkanes) is 15. The number of ketones is 6. The van der Waals surface area contributed by atoms with E-state index in [1.54, 1.807) is 12.1 Å². The average Bonchev–Trinajstić information content (AvgIpc) is 1.54. The fourth-order valence-electron chi connectivity index (χ4n) is 12.3. The van der Waals surface area contributed by atoms with E-state index in [1.807, 2.05) is 6.92 Å². The van der Waals surface area contributed by atoms with Crippen LogP contribution in [0, 0.1) is 35.5 Å². The van der Waals surface area contributed by atoms with Gasteiger partial charge in [-0.3, -0.25) is 62.3 Å². The number of hydrogen-bond donors (Lipinski definition) is 9. The van der Waals surface area contributed by atoms with Crippen molar-refractivity contribution in [1.82, 2.24) is 21.3 Å². The highest BCUT2D eigenvalue weighted by Crippen LogP contribution is 2.37. The van der Waals surface area contributed by atoms with E-state index in [0.29, 0.717) is 63.4 Å². The number of hydrogen-bond acceptors (Lipinski definition) is 15. The molecule has 0 saturated heterocycles. The maximum absolute atomic E-state index is 14.3. The minimum absolute atomic E-state index is 0.0218. The van der Waals surface area contributed by atoms with Gasteiger partial charge in [0.1, 0.15) is 46.7 Å². The van der Waals surface area contributed by atoms with E-state index < -0.39 is 131 Å². The summed E-state index contributed by atoms with van der Waals surface area (Å²) in [5.41, 5.74) is -0.830. The van der Waals surface area contributed by atoms with Gasteiger partial charge in [-0.05, 0) is 103 Å². The molecule has 1 unspecified atom stereocenters. The van der Waals surface area contributed by atoms with Gasteiger partial charge in [0.2, 0.25) is 23.6 Å². The molecule has 1 aromatic carbocycles. The molecular weight excluding hydrogens is 1210 g/mol. The lowest BCUT2D eigenvalue weighted by molar-refractivity contribution is -0.145. The normalized spacial score (nSPS) is 15.7. The number of aromatic hydroxyl groups is 1. The number of phenols is 1. The molecule has 9 N–H and O–H groups in total. The number of nitrogens with one attached hydrogen (secondary N) is 4. The minimum atomic E-state index is -1.55. The van der Waals surface area contributed by atoms with Gasteiger partial charge in [0.15, 0.2) is 5.78 Å². The highest BCUT2D eigenvalue weighted by molar-refractivity contribution is 5.98. The Balaban J connectivity index is 1.88. The first kappa shape index (κ1) is 82.9. The monoisotopic (exact) mass is 1320 g/mol. The summed E-state index contributed by atoms with van der Waals surface area (Å²) in [6, 6.07) is 3.50. The van der Waals surface area contributed by atoms with E-state index in [9.17, 15) is 87.5 Å². The van der Waals surface area contributed by atoms with Gasteiger partial charge in [-0.1, -0.05) is 122 Å². The third-order valence-electron chi connectivity index (χ3n) is 18.1. The molecule has 0 radical (unpaired) electrons. The number of rotatable bonds is 56. The molecule has 23 nitrogen and oxygen atoms in total. The number of carboxylic acids is 4. The molecule has 1 fully saturated rings. The molecule has 0 aromatic heterocycles. The van der Waals surface area contributed by atoms with Crippen molar-refractivity contribution < 1.29 is 92.7 Å². The number of carbonyl (C=O) groups excluding carboxylic acids is 10. The van der Waals surface area contributed by atoms with Gasteiger partial charge in [0.05, 0.1) is 17.4 Å². The Morgan fingerprint density at radius 3 is 1.52 bits per heavy atom. The average molecular weight is 1320 g/mol. The summed E-state index contributed by atoms with van der Waals surface area (Å²) in [7, 11) is 0. The van der Waals surface area contributed by atoms with Gasteiger partial charge in [0, 0.05) is 101 Å². The maximum atomic E-state index is 14.3. The molecule has 1 saturated carbocycles. The highest BCUT2D eigenvalue weighted by Gasteiger charge is 2.41. The zero-order valence-corrected chi connectivity index (χ0v) is 56.5. The lowest BCUT2D eigenvalue weighted by atomic mass is 9.77. The Hall–Kier alpha value is -7.20. The van der Waals surface area contributed by atoms with Gasteiger partial charge >= 0.3 is 23.9 Å². The Bertz CT molecular complexity index is 2640. The van der Waals surface area contributed by atoms with E-state index in [0.717, 1.165) is 70.6 Å². The molecule has 2 rings (SSSR count). The van der Waals surface area contributed by atoms with E-state index in [-0.39, 0.29) is 106 Å².